The summed E-state index contributed by atoms with van der Waals surface area (Å²) in [6, 6.07) is 8.77. The van der Waals surface area contributed by atoms with Crippen molar-refractivity contribution in [2.24, 2.45) is 0 Å². The van der Waals surface area contributed by atoms with Crippen molar-refractivity contribution in [2.45, 2.75) is 19.9 Å². The molecule has 0 radical (unpaired) electrons. The number of nitrogens with one attached hydrogen (secondary N) is 1. The summed E-state index contributed by atoms with van der Waals surface area (Å²) < 4.78 is 0. The molecule has 0 aliphatic heterocycles. The number of hydrogen-bond acceptors (Lipinski definition) is 1. The van der Waals surface area contributed by atoms with Gasteiger partial charge < -0.3 is 5.32 Å². The molecule has 76 valence electrons. The molecule has 0 spiro atoms. The third-order valence-electron chi connectivity index (χ3n) is 2.29. The highest BCUT2D eigenvalue weighted by molar-refractivity contribution is 6.25. The molecule has 1 atom stereocenters. The molecule has 2 heteroatoms. The highest BCUT2D eigenvalue weighted by Crippen LogP contribution is 2.16. The molecule has 1 aromatic rings. The fraction of sp³-hybridized carbons (Fsp3) is 0.333. The number of hydrogen-bond donors (Lipinski definition) is 1. The Hall–Kier alpha value is -0.790. The van der Waals surface area contributed by atoms with Crippen LogP contribution in [-0.4, -0.2) is 6.54 Å². The molecule has 0 aliphatic rings. The van der Waals surface area contributed by atoms with Gasteiger partial charge in [-0.3, -0.25) is 0 Å². The summed E-state index contributed by atoms with van der Waals surface area (Å²) in [7, 11) is 0. The second kappa shape index (κ2) is 5.84. The van der Waals surface area contributed by atoms with Crippen molar-refractivity contribution in [1.29, 1.82) is 0 Å². The van der Waals surface area contributed by atoms with Crippen LogP contribution < -0.4 is 5.32 Å². The fourth-order valence-corrected chi connectivity index (χ4v) is 1.56. The van der Waals surface area contributed by atoms with Crippen molar-refractivity contribution < 1.29 is 0 Å². The van der Waals surface area contributed by atoms with E-state index in [9.17, 15) is 0 Å². The average molecular weight is 210 g/mol. The van der Waals surface area contributed by atoms with Crippen molar-refractivity contribution in [1.82, 2.24) is 5.32 Å². The zero-order valence-corrected chi connectivity index (χ0v) is 9.38. The molecule has 0 bridgehead atoms. The summed E-state index contributed by atoms with van der Waals surface area (Å²) in [5.74, 6) is 0. The second-order valence-corrected chi connectivity index (χ2v) is 3.60. The Labute approximate surface area is 90.8 Å². The maximum Gasteiger partial charge on any atom is 0.0297 e. The van der Waals surface area contributed by atoms with Crippen LogP contribution in [-0.2, 0) is 0 Å². The lowest BCUT2D eigenvalue weighted by atomic mass is 10.0. The maximum absolute atomic E-state index is 5.44. The van der Waals surface area contributed by atoms with Gasteiger partial charge in [-0.05, 0) is 25.0 Å². The molecule has 1 aromatic carbocycles. The smallest absolute Gasteiger partial charge is 0.0297 e. The van der Waals surface area contributed by atoms with Crippen LogP contribution in [0.4, 0.5) is 0 Å². The summed E-state index contributed by atoms with van der Waals surface area (Å²) in [4.78, 5) is 0. The molecule has 0 fully saturated rings. The lowest BCUT2D eigenvalue weighted by Gasteiger charge is -2.15. The van der Waals surface area contributed by atoms with Crippen LogP contribution in [0.2, 0.25) is 0 Å². The van der Waals surface area contributed by atoms with Crippen LogP contribution in [0, 0.1) is 6.92 Å². The zero-order valence-electron chi connectivity index (χ0n) is 8.63. The van der Waals surface area contributed by atoms with E-state index in [1.54, 1.807) is 0 Å². The van der Waals surface area contributed by atoms with Gasteiger partial charge >= 0.3 is 0 Å². The van der Waals surface area contributed by atoms with E-state index in [1.165, 1.54) is 16.7 Å². The van der Waals surface area contributed by atoms with E-state index < -0.39 is 0 Å². The Bertz CT molecular complexity index is 307. The van der Waals surface area contributed by atoms with E-state index in [-0.39, 0.29) is 0 Å². The Morgan fingerprint density at radius 3 is 2.79 bits per heavy atom. The minimum atomic E-state index is 0.365. The van der Waals surface area contributed by atoms with Gasteiger partial charge in [0.15, 0.2) is 0 Å². The highest BCUT2D eigenvalue weighted by Gasteiger charge is 2.04. The van der Waals surface area contributed by atoms with Crippen LogP contribution in [0.15, 0.2) is 35.9 Å². The van der Waals surface area contributed by atoms with Gasteiger partial charge in [-0.1, -0.05) is 41.9 Å². The van der Waals surface area contributed by atoms with Crippen LogP contribution >= 0.6 is 11.6 Å². The summed E-state index contributed by atoms with van der Waals surface area (Å²) in [5.41, 5.74) is 4.20. The topological polar surface area (TPSA) is 12.0 Å². The van der Waals surface area contributed by atoms with Gasteiger partial charge in [0.25, 0.3) is 0 Å². The molecule has 0 heterocycles. The van der Waals surface area contributed by atoms with Gasteiger partial charge in [0.1, 0.15) is 0 Å². The number of aryl methyl sites for hydroxylation is 1. The number of halogens is 1. The molecule has 1 nitrogen and oxygen atoms in total. The fourth-order valence-electron chi connectivity index (χ4n) is 1.47. The van der Waals surface area contributed by atoms with E-state index in [2.05, 4.69) is 43.4 Å². The first-order valence-electron chi connectivity index (χ1n) is 4.80. The first-order valence-corrected chi connectivity index (χ1v) is 5.23. The van der Waals surface area contributed by atoms with E-state index in [0.29, 0.717) is 6.04 Å². The minimum absolute atomic E-state index is 0.365. The maximum atomic E-state index is 5.44. The van der Waals surface area contributed by atoms with E-state index in [1.807, 2.05) is 6.08 Å². The van der Waals surface area contributed by atoms with Crippen LogP contribution in [0.25, 0.3) is 0 Å². The summed E-state index contributed by atoms with van der Waals surface area (Å²) in [5, 5.41) is 3.37. The monoisotopic (exact) mass is 209 g/mol. The number of benzene rings is 1. The predicted octanol–water partition coefficient (Wildman–Crippen LogP) is 3.40. The SMILES string of the molecule is Cc1ccccc1[C@@H](C)NC/C=C/Cl. The lowest BCUT2D eigenvalue weighted by Crippen LogP contribution is -2.19. The first-order chi connectivity index (χ1) is 6.75. The summed E-state index contributed by atoms with van der Waals surface area (Å²) in [6.45, 7) is 5.09. The molecule has 1 rings (SSSR count). The van der Waals surface area contributed by atoms with E-state index in [4.69, 9.17) is 11.6 Å². The lowest BCUT2D eigenvalue weighted by molar-refractivity contribution is 0.614. The molecule has 0 saturated heterocycles. The third kappa shape index (κ3) is 3.17. The van der Waals surface area contributed by atoms with Gasteiger partial charge in [0, 0.05) is 18.1 Å². The minimum Gasteiger partial charge on any atom is -0.307 e. The first kappa shape index (κ1) is 11.3. The normalized spacial score (nSPS) is 13.4. The quantitative estimate of drug-likeness (QED) is 0.802. The van der Waals surface area contributed by atoms with Gasteiger partial charge in [-0.2, -0.15) is 0 Å². The molecule has 0 aliphatic carbocycles. The van der Waals surface area contributed by atoms with Crippen molar-refractivity contribution in [2.75, 3.05) is 6.54 Å². The van der Waals surface area contributed by atoms with Crippen molar-refractivity contribution in [3.05, 3.63) is 47.0 Å². The predicted molar refractivity (Wildman–Crippen MR) is 62.6 cm³/mol. The molecule has 0 aromatic heterocycles. The van der Waals surface area contributed by atoms with E-state index in [0.717, 1.165) is 6.54 Å². The third-order valence-corrected chi connectivity index (χ3v) is 2.46. The van der Waals surface area contributed by atoms with Crippen molar-refractivity contribution >= 4 is 11.6 Å². The van der Waals surface area contributed by atoms with Crippen molar-refractivity contribution in [3.8, 4) is 0 Å². The molecular formula is C12H16ClN. The summed E-state index contributed by atoms with van der Waals surface area (Å²) >= 11 is 5.44. The van der Waals surface area contributed by atoms with Gasteiger partial charge in [0.05, 0.1) is 0 Å². The standard InChI is InChI=1S/C12H16ClN/c1-10-6-3-4-7-12(10)11(2)14-9-5-8-13/h3-8,11,14H,9H2,1-2H3/b8-5+/t11-/m1/s1. The number of rotatable bonds is 4. The second-order valence-electron chi connectivity index (χ2n) is 3.35. The van der Waals surface area contributed by atoms with Gasteiger partial charge in [0.2, 0.25) is 0 Å². The van der Waals surface area contributed by atoms with Crippen LogP contribution in [0.5, 0.6) is 0 Å². The summed E-state index contributed by atoms with van der Waals surface area (Å²) in [6.07, 6.45) is 1.90. The Kier molecular flexibility index (Phi) is 4.71. The van der Waals surface area contributed by atoms with Crippen LogP contribution in [0.3, 0.4) is 0 Å². The highest BCUT2D eigenvalue weighted by atomic mass is 35.5. The molecule has 1 N–H and O–H groups in total. The van der Waals surface area contributed by atoms with Crippen molar-refractivity contribution in [3.63, 3.8) is 0 Å². The zero-order chi connectivity index (χ0) is 10.4. The van der Waals surface area contributed by atoms with Crippen LogP contribution in [0.1, 0.15) is 24.1 Å². The molecule has 0 saturated carbocycles. The largest absolute Gasteiger partial charge is 0.307 e. The van der Waals surface area contributed by atoms with E-state index >= 15 is 0 Å². The average Bonchev–Trinajstić information content (AvgIpc) is 2.18. The van der Waals surface area contributed by atoms with Gasteiger partial charge in [-0.25, -0.2) is 0 Å². The van der Waals surface area contributed by atoms with Gasteiger partial charge in [-0.15, -0.1) is 0 Å². The Balaban J connectivity index is 2.60. The molecule has 0 amide bonds. The molecule has 14 heavy (non-hydrogen) atoms. The Morgan fingerprint density at radius 1 is 1.43 bits per heavy atom. The Morgan fingerprint density at radius 2 is 2.14 bits per heavy atom. The molecule has 0 unspecified atom stereocenters. The molecular weight excluding hydrogens is 194 g/mol.